The zero-order valence-electron chi connectivity index (χ0n) is 9.33. The van der Waals surface area contributed by atoms with Gasteiger partial charge < -0.3 is 4.74 Å². The lowest BCUT2D eigenvalue weighted by molar-refractivity contribution is -0.384. The Hall–Kier alpha value is -2.21. The molecule has 0 aliphatic carbocycles. The Morgan fingerprint density at radius 2 is 2.22 bits per heavy atom. The van der Waals surface area contributed by atoms with Crippen molar-refractivity contribution in [3.8, 4) is 17.1 Å². The average molecular weight is 266 g/mol. The van der Waals surface area contributed by atoms with Crippen LogP contribution in [0.5, 0.6) is 5.75 Å². The van der Waals surface area contributed by atoms with E-state index in [4.69, 9.17) is 16.3 Å². The standard InChI is InChI=1S/C11H8ClN3O3/c1-18-9-6-13-11(14-10(9)12)7-3-2-4-8(5-7)15(16)17/h2-6H,1H3. The maximum Gasteiger partial charge on any atom is 0.270 e. The van der Waals surface area contributed by atoms with E-state index in [-0.39, 0.29) is 10.8 Å². The van der Waals surface area contributed by atoms with Crippen LogP contribution >= 0.6 is 11.6 Å². The van der Waals surface area contributed by atoms with Gasteiger partial charge in [0.1, 0.15) is 0 Å². The number of aromatic nitrogens is 2. The summed E-state index contributed by atoms with van der Waals surface area (Å²) in [7, 11) is 1.46. The van der Waals surface area contributed by atoms with Crippen LogP contribution in [0.2, 0.25) is 5.15 Å². The Balaban J connectivity index is 2.45. The lowest BCUT2D eigenvalue weighted by Gasteiger charge is -2.04. The van der Waals surface area contributed by atoms with Gasteiger partial charge in [0.15, 0.2) is 16.7 Å². The van der Waals surface area contributed by atoms with Crippen molar-refractivity contribution in [2.24, 2.45) is 0 Å². The molecule has 1 aromatic carbocycles. The summed E-state index contributed by atoms with van der Waals surface area (Å²) in [6, 6.07) is 6.02. The number of hydrogen-bond donors (Lipinski definition) is 0. The first kappa shape index (κ1) is 12.3. The Morgan fingerprint density at radius 1 is 1.44 bits per heavy atom. The van der Waals surface area contributed by atoms with Gasteiger partial charge in [0.05, 0.1) is 18.2 Å². The molecular weight excluding hydrogens is 258 g/mol. The summed E-state index contributed by atoms with van der Waals surface area (Å²) >= 11 is 5.87. The zero-order valence-corrected chi connectivity index (χ0v) is 10.1. The van der Waals surface area contributed by atoms with Crippen LogP contribution in [0.1, 0.15) is 0 Å². The van der Waals surface area contributed by atoms with E-state index < -0.39 is 4.92 Å². The first-order valence-corrected chi connectivity index (χ1v) is 5.31. The lowest BCUT2D eigenvalue weighted by atomic mass is 10.2. The van der Waals surface area contributed by atoms with Gasteiger partial charge in [0, 0.05) is 17.7 Å². The van der Waals surface area contributed by atoms with E-state index in [2.05, 4.69) is 9.97 Å². The Bertz CT molecular complexity index is 604. The predicted molar refractivity (Wildman–Crippen MR) is 65.7 cm³/mol. The van der Waals surface area contributed by atoms with Crippen molar-refractivity contribution in [3.05, 3.63) is 45.7 Å². The molecule has 0 N–H and O–H groups in total. The largest absolute Gasteiger partial charge is 0.492 e. The molecule has 0 saturated carbocycles. The molecule has 0 saturated heterocycles. The third-order valence-corrected chi connectivity index (χ3v) is 2.52. The van der Waals surface area contributed by atoms with Gasteiger partial charge in [-0.15, -0.1) is 0 Å². The van der Waals surface area contributed by atoms with E-state index in [1.54, 1.807) is 12.1 Å². The van der Waals surface area contributed by atoms with Gasteiger partial charge in [0.2, 0.25) is 0 Å². The molecule has 0 bridgehead atoms. The van der Waals surface area contributed by atoms with Crippen molar-refractivity contribution in [2.75, 3.05) is 7.11 Å². The van der Waals surface area contributed by atoms with E-state index in [1.165, 1.54) is 25.4 Å². The smallest absolute Gasteiger partial charge is 0.270 e. The molecule has 2 aromatic rings. The van der Waals surface area contributed by atoms with Gasteiger partial charge in [-0.05, 0) is 0 Å². The topological polar surface area (TPSA) is 78.2 Å². The van der Waals surface area contributed by atoms with Gasteiger partial charge in [-0.25, -0.2) is 9.97 Å². The molecule has 0 spiro atoms. The van der Waals surface area contributed by atoms with Gasteiger partial charge >= 0.3 is 0 Å². The molecule has 6 nitrogen and oxygen atoms in total. The van der Waals surface area contributed by atoms with Gasteiger partial charge in [0.25, 0.3) is 5.69 Å². The highest BCUT2D eigenvalue weighted by atomic mass is 35.5. The second-order valence-corrected chi connectivity index (χ2v) is 3.72. The summed E-state index contributed by atoms with van der Waals surface area (Å²) in [4.78, 5) is 18.3. The van der Waals surface area contributed by atoms with Crippen LogP contribution in [-0.2, 0) is 0 Å². The SMILES string of the molecule is COc1cnc(-c2cccc([N+](=O)[O-])c2)nc1Cl. The highest BCUT2D eigenvalue weighted by Gasteiger charge is 2.11. The molecular formula is C11H8ClN3O3. The second-order valence-electron chi connectivity index (χ2n) is 3.36. The third kappa shape index (κ3) is 2.38. The third-order valence-electron chi connectivity index (χ3n) is 2.25. The fourth-order valence-corrected chi connectivity index (χ4v) is 1.59. The molecule has 0 fully saturated rings. The van der Waals surface area contributed by atoms with Crippen molar-refractivity contribution in [1.29, 1.82) is 0 Å². The molecule has 0 amide bonds. The highest BCUT2D eigenvalue weighted by molar-refractivity contribution is 6.30. The minimum atomic E-state index is -0.478. The van der Waals surface area contributed by atoms with Crippen molar-refractivity contribution in [3.63, 3.8) is 0 Å². The highest BCUT2D eigenvalue weighted by Crippen LogP contribution is 2.26. The molecule has 18 heavy (non-hydrogen) atoms. The van der Waals surface area contributed by atoms with E-state index >= 15 is 0 Å². The Morgan fingerprint density at radius 3 is 2.83 bits per heavy atom. The van der Waals surface area contributed by atoms with E-state index in [1.807, 2.05) is 0 Å². The normalized spacial score (nSPS) is 10.1. The summed E-state index contributed by atoms with van der Waals surface area (Å²) in [6.45, 7) is 0. The van der Waals surface area contributed by atoms with Crippen molar-refractivity contribution in [2.45, 2.75) is 0 Å². The van der Waals surface area contributed by atoms with Gasteiger partial charge in [-0.1, -0.05) is 23.7 Å². The summed E-state index contributed by atoms with van der Waals surface area (Å²) in [5.41, 5.74) is 0.497. The molecule has 0 unspecified atom stereocenters. The maximum absolute atomic E-state index is 10.7. The lowest BCUT2D eigenvalue weighted by Crippen LogP contribution is -1.94. The van der Waals surface area contributed by atoms with Crippen LogP contribution in [0, 0.1) is 10.1 Å². The van der Waals surface area contributed by atoms with Crippen molar-refractivity contribution < 1.29 is 9.66 Å². The van der Waals surface area contributed by atoms with Gasteiger partial charge in [-0.3, -0.25) is 10.1 Å². The Labute approximate surface area is 107 Å². The van der Waals surface area contributed by atoms with E-state index in [0.29, 0.717) is 17.1 Å². The van der Waals surface area contributed by atoms with E-state index in [0.717, 1.165) is 0 Å². The van der Waals surface area contributed by atoms with Crippen molar-refractivity contribution in [1.82, 2.24) is 9.97 Å². The van der Waals surface area contributed by atoms with Crippen LogP contribution in [0.3, 0.4) is 0 Å². The molecule has 1 aromatic heterocycles. The number of nitro benzene ring substituents is 1. The first-order chi connectivity index (χ1) is 8.61. The molecule has 7 heteroatoms. The second kappa shape index (κ2) is 4.97. The summed E-state index contributed by atoms with van der Waals surface area (Å²) in [5, 5.41) is 10.8. The molecule has 0 radical (unpaired) electrons. The van der Waals surface area contributed by atoms with Crippen LogP contribution < -0.4 is 4.74 Å². The van der Waals surface area contributed by atoms with Crippen LogP contribution in [0.15, 0.2) is 30.5 Å². The average Bonchev–Trinajstić information content (AvgIpc) is 2.38. The summed E-state index contributed by atoms with van der Waals surface area (Å²) in [5.74, 6) is 0.662. The number of halogens is 1. The number of hydrogen-bond acceptors (Lipinski definition) is 5. The number of rotatable bonds is 3. The number of non-ortho nitro benzene ring substituents is 1. The fraction of sp³-hybridized carbons (Fsp3) is 0.0909. The fourth-order valence-electron chi connectivity index (χ4n) is 1.38. The summed E-state index contributed by atoms with van der Waals surface area (Å²) < 4.78 is 4.93. The first-order valence-electron chi connectivity index (χ1n) is 4.93. The number of methoxy groups -OCH3 is 1. The minimum absolute atomic E-state index is 0.0250. The van der Waals surface area contributed by atoms with Crippen molar-refractivity contribution >= 4 is 17.3 Å². The number of ether oxygens (including phenoxy) is 1. The van der Waals surface area contributed by atoms with Crippen LogP contribution in [0.25, 0.3) is 11.4 Å². The maximum atomic E-state index is 10.7. The van der Waals surface area contributed by atoms with Crippen LogP contribution in [-0.4, -0.2) is 22.0 Å². The molecule has 1 heterocycles. The van der Waals surface area contributed by atoms with Crippen LogP contribution in [0.4, 0.5) is 5.69 Å². The monoisotopic (exact) mass is 265 g/mol. The minimum Gasteiger partial charge on any atom is -0.492 e. The molecule has 0 aliphatic rings. The predicted octanol–water partition coefficient (Wildman–Crippen LogP) is 2.71. The molecule has 92 valence electrons. The Kier molecular flexibility index (Phi) is 3.38. The number of benzene rings is 1. The number of nitro groups is 1. The zero-order chi connectivity index (χ0) is 13.1. The molecule has 0 aliphatic heterocycles. The molecule has 0 atom stereocenters. The molecule has 2 rings (SSSR count). The quantitative estimate of drug-likeness (QED) is 0.484. The van der Waals surface area contributed by atoms with E-state index in [9.17, 15) is 10.1 Å². The van der Waals surface area contributed by atoms with Gasteiger partial charge in [-0.2, -0.15) is 0 Å². The summed E-state index contributed by atoms with van der Waals surface area (Å²) in [6.07, 6.45) is 1.42. The number of nitrogens with zero attached hydrogens (tertiary/aromatic N) is 3.